The van der Waals surface area contributed by atoms with Crippen molar-refractivity contribution in [1.29, 1.82) is 0 Å². The molecule has 0 nitrogen and oxygen atoms in total. The van der Waals surface area contributed by atoms with Crippen LogP contribution in [0.15, 0.2) is 54.6 Å². The van der Waals surface area contributed by atoms with Crippen molar-refractivity contribution in [2.24, 2.45) is 0 Å². The van der Waals surface area contributed by atoms with Crippen LogP contribution in [-0.2, 0) is 5.41 Å². The molecule has 0 N–H and O–H groups in total. The van der Waals surface area contributed by atoms with Gasteiger partial charge in [0.05, 0.1) is 5.41 Å². The fourth-order valence-electron chi connectivity index (χ4n) is 2.50. The number of hydrogen-bond donors (Lipinski definition) is 0. The maximum atomic E-state index is 14.7. The van der Waals surface area contributed by atoms with Crippen LogP contribution in [0.1, 0.15) is 22.9 Å². The topological polar surface area (TPSA) is 0 Å². The van der Waals surface area contributed by atoms with E-state index >= 15 is 0 Å². The van der Waals surface area contributed by atoms with Crippen molar-refractivity contribution in [2.75, 3.05) is 0 Å². The molecule has 0 spiro atoms. The Kier molecular flexibility index (Phi) is 3.54. The first-order valence-corrected chi connectivity index (χ1v) is 7.69. The van der Waals surface area contributed by atoms with Crippen LogP contribution in [0.2, 0.25) is 0 Å². The molecule has 3 rings (SSSR count). The molecule has 0 fully saturated rings. The summed E-state index contributed by atoms with van der Waals surface area (Å²) in [7, 11) is 0. The molecule has 1 aliphatic rings. The Morgan fingerprint density at radius 3 is 2.38 bits per heavy atom. The number of benzene rings is 1. The first kappa shape index (κ1) is 14.2. The molecule has 3 heteroatoms. The number of rotatable bonds is 2. The zero-order chi connectivity index (χ0) is 15.0. The third-order valence-electron chi connectivity index (χ3n) is 4.00. The number of thiophene rings is 1. The van der Waals surface area contributed by atoms with Crippen LogP contribution in [0.25, 0.3) is 5.57 Å². The smallest absolute Gasteiger partial charge is 0.176 e. The lowest BCUT2D eigenvalue weighted by Gasteiger charge is -2.30. The van der Waals surface area contributed by atoms with Crippen molar-refractivity contribution in [3.63, 3.8) is 0 Å². The number of allylic oxidation sites excluding steroid dienone is 4. The summed E-state index contributed by atoms with van der Waals surface area (Å²) >= 11 is 1.01. The Bertz CT molecular complexity index is 709. The maximum absolute atomic E-state index is 14.7. The van der Waals surface area contributed by atoms with Crippen LogP contribution in [0.4, 0.5) is 8.78 Å². The average Bonchev–Trinajstić information content (AvgIpc) is 2.90. The van der Waals surface area contributed by atoms with E-state index in [1.165, 1.54) is 11.6 Å². The van der Waals surface area contributed by atoms with E-state index in [0.717, 1.165) is 22.5 Å². The third kappa shape index (κ3) is 2.58. The van der Waals surface area contributed by atoms with Crippen LogP contribution in [0, 0.1) is 12.1 Å². The number of alkyl halides is 1. The predicted octanol–water partition coefficient (Wildman–Crippen LogP) is 5.44. The number of aryl methyl sites for hydroxylation is 1. The van der Waals surface area contributed by atoms with Crippen molar-refractivity contribution >= 4 is 16.9 Å². The first-order chi connectivity index (χ1) is 9.99. The van der Waals surface area contributed by atoms with Gasteiger partial charge in [-0.25, -0.2) is 4.39 Å². The van der Waals surface area contributed by atoms with Crippen LogP contribution in [-0.4, -0.2) is 6.17 Å². The number of halogens is 2. The maximum Gasteiger partial charge on any atom is 0.176 e. The van der Waals surface area contributed by atoms with E-state index in [1.807, 2.05) is 50.3 Å². The molecule has 0 bridgehead atoms. The molecule has 0 amide bonds. The molecule has 0 saturated carbocycles. The van der Waals surface area contributed by atoms with Gasteiger partial charge in [-0.15, -0.1) is 11.3 Å². The zero-order valence-electron chi connectivity index (χ0n) is 11.9. The van der Waals surface area contributed by atoms with Crippen molar-refractivity contribution in [2.45, 2.75) is 25.4 Å². The van der Waals surface area contributed by atoms with E-state index in [-0.39, 0.29) is 5.13 Å². The minimum atomic E-state index is -1.17. The van der Waals surface area contributed by atoms with Gasteiger partial charge >= 0.3 is 0 Å². The van der Waals surface area contributed by atoms with Gasteiger partial charge in [0.2, 0.25) is 0 Å². The summed E-state index contributed by atoms with van der Waals surface area (Å²) in [5.41, 5.74) is 2.26. The molecular formula is C18H16F2S. The molecule has 21 heavy (non-hydrogen) atoms. The fourth-order valence-corrected chi connectivity index (χ4v) is 3.38. The van der Waals surface area contributed by atoms with Crippen molar-refractivity contribution in [3.05, 3.63) is 75.8 Å². The van der Waals surface area contributed by atoms with Gasteiger partial charge in [-0.05, 0) is 43.2 Å². The van der Waals surface area contributed by atoms with Crippen molar-refractivity contribution in [1.82, 2.24) is 0 Å². The van der Waals surface area contributed by atoms with Crippen LogP contribution in [0.3, 0.4) is 0 Å². The van der Waals surface area contributed by atoms with E-state index in [1.54, 1.807) is 12.1 Å². The summed E-state index contributed by atoms with van der Waals surface area (Å²) in [6.07, 6.45) is 4.23. The Hall–Kier alpha value is -1.74. The summed E-state index contributed by atoms with van der Waals surface area (Å²) in [5.74, 6) is 0. The second kappa shape index (κ2) is 5.23. The lowest BCUT2D eigenvalue weighted by molar-refractivity contribution is 0.297. The fraction of sp³-hybridized carbons (Fsp3) is 0.222. The van der Waals surface area contributed by atoms with Crippen molar-refractivity contribution in [3.8, 4) is 0 Å². The van der Waals surface area contributed by atoms with Gasteiger partial charge in [-0.1, -0.05) is 42.0 Å². The Labute approximate surface area is 127 Å². The van der Waals surface area contributed by atoms with Gasteiger partial charge in [0.1, 0.15) is 6.17 Å². The first-order valence-electron chi connectivity index (χ1n) is 6.87. The van der Waals surface area contributed by atoms with Gasteiger partial charge in [-0.2, -0.15) is 4.39 Å². The van der Waals surface area contributed by atoms with Gasteiger partial charge in [0.25, 0.3) is 0 Å². The minimum Gasteiger partial charge on any atom is -0.242 e. The zero-order valence-corrected chi connectivity index (χ0v) is 12.8. The highest BCUT2D eigenvalue weighted by Gasteiger charge is 2.36. The molecule has 1 aromatic heterocycles. The van der Waals surface area contributed by atoms with E-state index in [4.69, 9.17) is 0 Å². The van der Waals surface area contributed by atoms with E-state index in [2.05, 4.69) is 0 Å². The predicted molar refractivity (Wildman–Crippen MR) is 84.8 cm³/mol. The Morgan fingerprint density at radius 2 is 1.81 bits per heavy atom. The average molecular weight is 302 g/mol. The second-order valence-corrected chi connectivity index (χ2v) is 6.64. The lowest BCUT2D eigenvalue weighted by atomic mass is 9.78. The summed E-state index contributed by atoms with van der Waals surface area (Å²) < 4.78 is 27.9. The quantitative estimate of drug-likeness (QED) is 0.692. The van der Waals surface area contributed by atoms with Gasteiger partial charge in [0.15, 0.2) is 5.13 Å². The SMILES string of the molecule is Cc1ccc(C2=CC(F)C(C)(c3ccc(F)s3)C=C2)cc1. The highest BCUT2D eigenvalue weighted by Crippen LogP contribution is 2.40. The molecule has 108 valence electrons. The highest BCUT2D eigenvalue weighted by molar-refractivity contribution is 7.10. The number of hydrogen-bond acceptors (Lipinski definition) is 1. The molecule has 0 aliphatic heterocycles. The highest BCUT2D eigenvalue weighted by atomic mass is 32.1. The van der Waals surface area contributed by atoms with Crippen LogP contribution >= 0.6 is 11.3 Å². The molecule has 1 heterocycles. The molecule has 2 atom stereocenters. The molecular weight excluding hydrogens is 286 g/mol. The lowest BCUT2D eigenvalue weighted by Crippen LogP contribution is -2.31. The summed E-state index contributed by atoms with van der Waals surface area (Å²) in [5, 5.41) is -0.278. The third-order valence-corrected chi connectivity index (χ3v) is 5.12. The molecule has 1 aliphatic carbocycles. The Morgan fingerprint density at radius 1 is 1.10 bits per heavy atom. The minimum absolute atomic E-state index is 0.278. The van der Waals surface area contributed by atoms with Crippen LogP contribution in [0.5, 0.6) is 0 Å². The summed E-state index contributed by atoms with van der Waals surface area (Å²) in [4.78, 5) is 0.711. The van der Waals surface area contributed by atoms with Crippen molar-refractivity contribution < 1.29 is 8.78 Å². The van der Waals surface area contributed by atoms with Crippen LogP contribution < -0.4 is 0 Å². The summed E-state index contributed by atoms with van der Waals surface area (Å²) in [6.45, 7) is 3.83. The second-order valence-electron chi connectivity index (χ2n) is 5.61. The van der Waals surface area contributed by atoms with E-state index in [9.17, 15) is 8.78 Å². The molecule has 0 radical (unpaired) electrons. The van der Waals surface area contributed by atoms with E-state index < -0.39 is 11.6 Å². The largest absolute Gasteiger partial charge is 0.242 e. The van der Waals surface area contributed by atoms with Gasteiger partial charge in [-0.3, -0.25) is 0 Å². The summed E-state index contributed by atoms with van der Waals surface area (Å²) in [6, 6.07) is 11.1. The normalized spacial score (nSPS) is 25.0. The monoisotopic (exact) mass is 302 g/mol. The van der Waals surface area contributed by atoms with Gasteiger partial charge < -0.3 is 0 Å². The molecule has 2 unspecified atom stereocenters. The van der Waals surface area contributed by atoms with Gasteiger partial charge in [0, 0.05) is 4.88 Å². The standard InChI is InChI=1S/C18H16F2S/c1-12-3-5-13(6-4-12)14-9-10-18(2,15(19)11-14)16-7-8-17(20)21-16/h3-11,15H,1-2H3. The Balaban J connectivity index is 1.93. The molecule has 0 saturated heterocycles. The molecule has 1 aromatic carbocycles. The van der Waals surface area contributed by atoms with E-state index in [0.29, 0.717) is 4.88 Å². The molecule has 2 aromatic rings.